The van der Waals surface area contributed by atoms with Gasteiger partial charge in [-0.2, -0.15) is 0 Å². The van der Waals surface area contributed by atoms with E-state index in [0.29, 0.717) is 17.9 Å². The van der Waals surface area contributed by atoms with Crippen molar-refractivity contribution in [3.8, 4) is 0 Å². The number of hydrogen-bond acceptors (Lipinski definition) is 3. The molecule has 0 bridgehead atoms. The number of aromatic nitrogens is 1. The fourth-order valence-corrected chi connectivity index (χ4v) is 1.62. The maximum Gasteiger partial charge on any atom is 0.255 e. The minimum atomic E-state index is -0.0911. The molecule has 0 fully saturated rings. The minimum Gasteiger partial charge on any atom is -0.372 e. The fourth-order valence-electron chi connectivity index (χ4n) is 1.29. The molecule has 16 heavy (non-hydrogen) atoms. The van der Waals surface area contributed by atoms with Gasteiger partial charge in [-0.25, -0.2) is 4.98 Å². The Morgan fingerprint density at radius 2 is 2.31 bits per heavy atom. The van der Waals surface area contributed by atoms with Crippen molar-refractivity contribution in [2.24, 2.45) is 0 Å². The number of hydrogen-bond donors (Lipinski definition) is 2. The Balaban J connectivity index is 2.76. The van der Waals surface area contributed by atoms with E-state index in [-0.39, 0.29) is 5.91 Å². The summed E-state index contributed by atoms with van der Waals surface area (Å²) in [6.45, 7) is 2.79. The topological polar surface area (TPSA) is 54.0 Å². The third-order valence-electron chi connectivity index (χ3n) is 2.15. The van der Waals surface area contributed by atoms with Crippen molar-refractivity contribution in [2.45, 2.75) is 19.8 Å². The van der Waals surface area contributed by atoms with Gasteiger partial charge in [-0.15, -0.1) is 0 Å². The predicted molar refractivity (Wildman–Crippen MR) is 68.7 cm³/mol. The van der Waals surface area contributed by atoms with Crippen LogP contribution in [0.5, 0.6) is 0 Å². The molecule has 5 heteroatoms. The number of pyridine rings is 1. The van der Waals surface area contributed by atoms with Crippen molar-refractivity contribution < 1.29 is 4.79 Å². The summed E-state index contributed by atoms with van der Waals surface area (Å²) in [7, 11) is 1.75. The van der Waals surface area contributed by atoms with E-state index in [1.165, 1.54) is 0 Å². The van der Waals surface area contributed by atoms with Crippen LogP contribution in [-0.2, 0) is 0 Å². The number of carbonyl (C=O) groups excluding carboxylic acids is 1. The van der Waals surface area contributed by atoms with Crippen molar-refractivity contribution in [1.29, 1.82) is 0 Å². The second-order valence-corrected chi connectivity index (χ2v) is 4.32. The van der Waals surface area contributed by atoms with E-state index >= 15 is 0 Å². The third-order valence-corrected chi connectivity index (χ3v) is 2.59. The molecule has 1 aromatic heterocycles. The molecule has 0 aliphatic heterocycles. The molecule has 0 aliphatic rings. The Kier molecular flexibility index (Phi) is 5.25. The van der Waals surface area contributed by atoms with E-state index in [2.05, 4.69) is 38.5 Å². The predicted octanol–water partition coefficient (Wildman–Crippen LogP) is 2.42. The summed E-state index contributed by atoms with van der Waals surface area (Å²) in [5.41, 5.74) is 0.563. The van der Waals surface area contributed by atoms with Crippen LogP contribution in [0.1, 0.15) is 30.1 Å². The van der Waals surface area contributed by atoms with Crippen LogP contribution in [-0.4, -0.2) is 24.5 Å². The molecule has 88 valence electrons. The van der Waals surface area contributed by atoms with E-state index in [4.69, 9.17) is 0 Å². The first-order valence-electron chi connectivity index (χ1n) is 5.30. The summed E-state index contributed by atoms with van der Waals surface area (Å²) >= 11 is 3.31. The molecule has 0 aliphatic carbocycles. The highest BCUT2D eigenvalue weighted by atomic mass is 79.9. The van der Waals surface area contributed by atoms with E-state index < -0.39 is 0 Å². The maximum atomic E-state index is 11.8. The Morgan fingerprint density at radius 1 is 1.56 bits per heavy atom. The number of amides is 1. The number of nitrogens with zero attached hydrogens (tertiary/aromatic N) is 1. The summed E-state index contributed by atoms with van der Waals surface area (Å²) in [4.78, 5) is 16.0. The molecule has 1 rings (SSSR count). The second-order valence-electron chi connectivity index (χ2n) is 3.41. The summed E-state index contributed by atoms with van der Waals surface area (Å²) in [5.74, 6) is 0.504. The molecule has 1 heterocycles. The van der Waals surface area contributed by atoms with Crippen LogP contribution in [0, 0.1) is 0 Å². The van der Waals surface area contributed by atoms with Gasteiger partial charge in [0, 0.05) is 24.3 Å². The average molecular weight is 286 g/mol. The number of nitrogens with one attached hydrogen (secondary N) is 2. The molecule has 0 aromatic carbocycles. The fraction of sp³-hybridized carbons (Fsp3) is 0.455. The SMILES string of the molecule is CCCCNC(=O)c1cc(Br)cnc1NC. The highest BCUT2D eigenvalue weighted by Gasteiger charge is 2.11. The number of anilines is 1. The lowest BCUT2D eigenvalue weighted by atomic mass is 10.2. The van der Waals surface area contributed by atoms with Gasteiger partial charge in [-0.1, -0.05) is 13.3 Å². The Morgan fingerprint density at radius 3 is 2.94 bits per heavy atom. The Labute approximate surface area is 104 Å². The molecular weight excluding hydrogens is 270 g/mol. The molecule has 4 nitrogen and oxygen atoms in total. The number of rotatable bonds is 5. The largest absolute Gasteiger partial charge is 0.372 e. The molecule has 0 saturated carbocycles. The first-order valence-corrected chi connectivity index (χ1v) is 6.09. The molecule has 0 radical (unpaired) electrons. The first kappa shape index (κ1) is 13.0. The van der Waals surface area contributed by atoms with Gasteiger partial charge in [-0.05, 0) is 28.4 Å². The van der Waals surface area contributed by atoms with Crippen LogP contribution in [0.4, 0.5) is 5.82 Å². The maximum absolute atomic E-state index is 11.8. The lowest BCUT2D eigenvalue weighted by Gasteiger charge is -2.08. The number of unbranched alkanes of at least 4 members (excludes halogenated alkanes) is 1. The quantitative estimate of drug-likeness (QED) is 0.817. The lowest BCUT2D eigenvalue weighted by molar-refractivity contribution is 0.0953. The molecule has 2 N–H and O–H groups in total. The van der Waals surface area contributed by atoms with Crippen LogP contribution >= 0.6 is 15.9 Å². The van der Waals surface area contributed by atoms with Crippen LogP contribution in [0.15, 0.2) is 16.7 Å². The van der Waals surface area contributed by atoms with Crippen molar-refractivity contribution >= 4 is 27.7 Å². The van der Waals surface area contributed by atoms with Gasteiger partial charge in [0.1, 0.15) is 5.82 Å². The van der Waals surface area contributed by atoms with Crippen LogP contribution in [0.25, 0.3) is 0 Å². The van der Waals surface area contributed by atoms with Crippen molar-refractivity contribution in [2.75, 3.05) is 18.9 Å². The van der Waals surface area contributed by atoms with E-state index in [9.17, 15) is 4.79 Å². The van der Waals surface area contributed by atoms with Crippen LogP contribution in [0.2, 0.25) is 0 Å². The zero-order valence-electron chi connectivity index (χ0n) is 9.51. The van der Waals surface area contributed by atoms with E-state index in [1.54, 1.807) is 19.3 Å². The van der Waals surface area contributed by atoms with Gasteiger partial charge in [-0.3, -0.25) is 4.79 Å². The van der Waals surface area contributed by atoms with Crippen molar-refractivity contribution in [3.05, 3.63) is 22.3 Å². The number of carbonyl (C=O) groups is 1. The van der Waals surface area contributed by atoms with Crippen molar-refractivity contribution in [1.82, 2.24) is 10.3 Å². The van der Waals surface area contributed by atoms with Gasteiger partial charge in [0.2, 0.25) is 0 Å². The molecule has 0 spiro atoms. The Hall–Kier alpha value is -1.10. The van der Waals surface area contributed by atoms with Crippen LogP contribution in [0.3, 0.4) is 0 Å². The molecule has 1 amide bonds. The van der Waals surface area contributed by atoms with Gasteiger partial charge < -0.3 is 10.6 Å². The monoisotopic (exact) mass is 285 g/mol. The summed E-state index contributed by atoms with van der Waals surface area (Å²) in [6.07, 6.45) is 3.71. The lowest BCUT2D eigenvalue weighted by Crippen LogP contribution is -2.25. The molecule has 0 atom stereocenters. The minimum absolute atomic E-state index is 0.0911. The first-order chi connectivity index (χ1) is 7.69. The zero-order chi connectivity index (χ0) is 12.0. The summed E-state index contributed by atoms with van der Waals surface area (Å²) in [5, 5.41) is 5.76. The van der Waals surface area contributed by atoms with Crippen molar-refractivity contribution in [3.63, 3.8) is 0 Å². The van der Waals surface area contributed by atoms with E-state index in [0.717, 1.165) is 17.3 Å². The van der Waals surface area contributed by atoms with Gasteiger partial charge in [0.25, 0.3) is 5.91 Å². The summed E-state index contributed by atoms with van der Waals surface area (Å²) in [6, 6.07) is 1.76. The molecular formula is C11H16BrN3O. The normalized spacial score (nSPS) is 9.94. The number of halogens is 1. The van der Waals surface area contributed by atoms with Gasteiger partial charge in [0.05, 0.1) is 5.56 Å². The average Bonchev–Trinajstić information content (AvgIpc) is 2.29. The summed E-state index contributed by atoms with van der Waals surface area (Å²) < 4.78 is 0.798. The third kappa shape index (κ3) is 3.48. The van der Waals surface area contributed by atoms with Crippen LogP contribution < -0.4 is 10.6 Å². The Bertz CT molecular complexity index is 368. The highest BCUT2D eigenvalue weighted by Crippen LogP contribution is 2.17. The zero-order valence-corrected chi connectivity index (χ0v) is 11.1. The second kappa shape index (κ2) is 6.48. The molecule has 0 saturated heterocycles. The van der Waals surface area contributed by atoms with Gasteiger partial charge >= 0.3 is 0 Å². The smallest absolute Gasteiger partial charge is 0.255 e. The molecule has 1 aromatic rings. The standard InChI is InChI=1S/C11H16BrN3O/c1-3-4-5-14-11(16)9-6-8(12)7-15-10(9)13-2/h6-7H,3-5H2,1-2H3,(H,13,15)(H,14,16). The van der Waals surface area contributed by atoms with Gasteiger partial charge in [0.15, 0.2) is 0 Å². The van der Waals surface area contributed by atoms with E-state index in [1.807, 2.05) is 0 Å². The highest BCUT2D eigenvalue weighted by molar-refractivity contribution is 9.10. The molecule has 0 unspecified atom stereocenters.